The van der Waals surface area contributed by atoms with E-state index in [1.807, 2.05) is 24.3 Å². The smallest absolute Gasteiger partial charge is 0.251 e. The quantitative estimate of drug-likeness (QED) is 0.509. The summed E-state index contributed by atoms with van der Waals surface area (Å²) in [5.41, 5.74) is 1.62. The fourth-order valence-electron chi connectivity index (χ4n) is 4.34. The molecule has 4 rings (SSSR count). The van der Waals surface area contributed by atoms with Crippen LogP contribution in [0.5, 0.6) is 0 Å². The van der Waals surface area contributed by atoms with Crippen LogP contribution in [0.3, 0.4) is 0 Å². The molecule has 2 atom stereocenters. The van der Waals surface area contributed by atoms with Crippen LogP contribution in [0.2, 0.25) is 5.02 Å². The molecule has 0 aliphatic carbocycles. The van der Waals surface area contributed by atoms with Gasteiger partial charge in [0.2, 0.25) is 10.7 Å². The van der Waals surface area contributed by atoms with Crippen molar-refractivity contribution in [1.82, 2.24) is 15.2 Å². The topological polar surface area (TPSA) is 82.3 Å². The van der Waals surface area contributed by atoms with E-state index in [1.165, 1.54) is 30.7 Å². The average molecular weight is 498 g/mol. The molecule has 0 saturated carbocycles. The molecule has 1 saturated heterocycles. The van der Waals surface area contributed by atoms with Crippen LogP contribution in [0.1, 0.15) is 35.2 Å². The van der Waals surface area contributed by atoms with Crippen LogP contribution in [-0.2, 0) is 11.2 Å². The van der Waals surface area contributed by atoms with Gasteiger partial charge in [-0.05, 0) is 62.3 Å². The summed E-state index contributed by atoms with van der Waals surface area (Å²) in [6.07, 6.45) is 3.65. The molecule has 0 spiro atoms. The molecule has 1 amide bonds. The monoisotopic (exact) mass is 497 g/mol. The number of amides is 1. The Hall–Kier alpha value is -2.61. The number of piperidine rings is 1. The number of para-hydroxylation sites is 1. The summed E-state index contributed by atoms with van der Waals surface area (Å²) in [6.45, 7) is 1.04. The van der Waals surface area contributed by atoms with Crippen LogP contribution in [-0.4, -0.2) is 52.3 Å². The first-order valence-electron chi connectivity index (χ1n) is 11.4. The van der Waals surface area contributed by atoms with Gasteiger partial charge < -0.3 is 15.2 Å². The number of aromatic nitrogens is 1. The van der Waals surface area contributed by atoms with E-state index in [4.69, 9.17) is 11.6 Å². The molecule has 178 valence electrons. The number of hydrogen-bond donors (Lipinski definition) is 2. The lowest BCUT2D eigenvalue weighted by atomic mass is 10.0. The minimum Gasteiger partial charge on any atom is -0.341 e. The van der Waals surface area contributed by atoms with Gasteiger partial charge in [-0.2, -0.15) is 0 Å². The summed E-state index contributed by atoms with van der Waals surface area (Å²) in [5.74, 6) is 0.332. The number of pyridine rings is 1. The molecular weight excluding hydrogens is 470 g/mol. The third kappa shape index (κ3) is 6.09. The van der Waals surface area contributed by atoms with Crippen molar-refractivity contribution < 1.29 is 9.59 Å². The lowest BCUT2D eigenvalue weighted by Crippen LogP contribution is -2.43. The van der Waals surface area contributed by atoms with Crippen molar-refractivity contribution in [3.05, 3.63) is 81.1 Å². The average Bonchev–Trinajstić information content (AvgIpc) is 2.83. The molecule has 2 heterocycles. The summed E-state index contributed by atoms with van der Waals surface area (Å²) in [7, 11) is 2.09. The molecular formula is C26H28ClN3O3S. The number of halogens is 1. The summed E-state index contributed by atoms with van der Waals surface area (Å²) < 4.78 is 0. The highest BCUT2D eigenvalue weighted by atomic mass is 35.5. The lowest BCUT2D eigenvalue weighted by molar-refractivity contribution is -0.112. The second-order valence-corrected chi connectivity index (χ2v) is 10.2. The second-order valence-electron chi connectivity index (χ2n) is 8.70. The highest BCUT2D eigenvalue weighted by Gasteiger charge is 2.26. The summed E-state index contributed by atoms with van der Waals surface area (Å²) in [4.78, 5) is 43.7. The van der Waals surface area contributed by atoms with Crippen molar-refractivity contribution in [2.24, 2.45) is 0 Å². The van der Waals surface area contributed by atoms with Crippen molar-refractivity contribution >= 4 is 45.3 Å². The van der Waals surface area contributed by atoms with E-state index in [2.05, 4.69) is 22.2 Å². The van der Waals surface area contributed by atoms with E-state index in [0.29, 0.717) is 27.9 Å². The van der Waals surface area contributed by atoms with Gasteiger partial charge in [-0.3, -0.25) is 14.4 Å². The molecule has 0 radical (unpaired) electrons. The molecule has 34 heavy (non-hydrogen) atoms. The predicted octanol–water partition coefficient (Wildman–Crippen LogP) is 4.27. The Morgan fingerprint density at radius 1 is 1.18 bits per heavy atom. The maximum Gasteiger partial charge on any atom is 0.251 e. The molecule has 1 fully saturated rings. The molecule has 8 heteroatoms. The van der Waals surface area contributed by atoms with Gasteiger partial charge in [-0.15, -0.1) is 0 Å². The zero-order chi connectivity index (χ0) is 24.1. The van der Waals surface area contributed by atoms with Crippen molar-refractivity contribution in [2.45, 2.75) is 37.8 Å². The van der Waals surface area contributed by atoms with E-state index in [9.17, 15) is 14.4 Å². The van der Waals surface area contributed by atoms with Gasteiger partial charge >= 0.3 is 0 Å². The Labute approximate surface area is 208 Å². The first-order valence-corrected chi connectivity index (χ1v) is 12.8. The third-order valence-corrected chi connectivity index (χ3v) is 7.67. The highest BCUT2D eigenvalue weighted by Crippen LogP contribution is 2.23. The van der Waals surface area contributed by atoms with E-state index in [-0.39, 0.29) is 23.0 Å². The van der Waals surface area contributed by atoms with Crippen LogP contribution in [0.25, 0.3) is 10.9 Å². The van der Waals surface area contributed by atoms with Crippen LogP contribution in [0.15, 0.2) is 59.4 Å². The van der Waals surface area contributed by atoms with Gasteiger partial charge in [0, 0.05) is 45.8 Å². The minimum atomic E-state index is -0.771. The Kier molecular flexibility index (Phi) is 8.08. The number of nitrogens with zero attached hydrogens (tertiary/aromatic N) is 1. The Bertz CT molecular complexity index is 1230. The number of carbonyl (C=O) groups excluding carboxylic acids is 2. The van der Waals surface area contributed by atoms with Crippen molar-refractivity contribution in [2.75, 3.05) is 19.3 Å². The van der Waals surface area contributed by atoms with Gasteiger partial charge in [-0.25, -0.2) is 0 Å². The molecule has 1 unspecified atom stereocenters. The number of rotatable bonds is 7. The zero-order valence-electron chi connectivity index (χ0n) is 19.1. The number of carbonyl (C=O) groups is 2. The van der Waals surface area contributed by atoms with Crippen molar-refractivity contribution in [1.29, 1.82) is 0 Å². The fourth-order valence-corrected chi connectivity index (χ4v) is 5.58. The summed E-state index contributed by atoms with van der Waals surface area (Å²) in [5, 5.41) is 4.19. The van der Waals surface area contributed by atoms with Crippen LogP contribution in [0.4, 0.5) is 0 Å². The van der Waals surface area contributed by atoms with Crippen LogP contribution in [0, 0.1) is 0 Å². The third-order valence-electron chi connectivity index (χ3n) is 6.30. The second kappa shape index (κ2) is 11.2. The molecule has 1 aliphatic heterocycles. The highest BCUT2D eigenvalue weighted by molar-refractivity contribution is 8.13. The zero-order valence-corrected chi connectivity index (χ0v) is 20.6. The van der Waals surface area contributed by atoms with E-state index in [0.717, 1.165) is 23.9 Å². The first kappa shape index (κ1) is 24.5. The number of nitrogens with one attached hydrogen (secondary N) is 2. The van der Waals surface area contributed by atoms with Gasteiger partial charge in [0.1, 0.15) is 6.04 Å². The predicted molar refractivity (Wildman–Crippen MR) is 139 cm³/mol. The molecule has 6 nitrogen and oxygen atoms in total. The molecule has 2 aromatic carbocycles. The van der Waals surface area contributed by atoms with Crippen molar-refractivity contribution in [3.8, 4) is 0 Å². The maximum atomic E-state index is 13.4. The van der Waals surface area contributed by atoms with E-state index in [1.54, 1.807) is 24.3 Å². The SMILES string of the molecule is CN1CCCC[C@H]1CSC(=O)C(Cc1cc(=O)[nH]c2ccccc12)NC(=O)c1ccc(Cl)cc1. The van der Waals surface area contributed by atoms with Crippen molar-refractivity contribution in [3.63, 3.8) is 0 Å². The molecule has 2 N–H and O–H groups in total. The number of H-pyrrole nitrogens is 1. The van der Waals surface area contributed by atoms with E-state index >= 15 is 0 Å². The van der Waals surface area contributed by atoms with Crippen LogP contribution < -0.4 is 10.9 Å². The molecule has 1 aromatic heterocycles. The molecule has 3 aromatic rings. The van der Waals surface area contributed by atoms with Gasteiger partial charge in [0.15, 0.2) is 0 Å². The first-order chi connectivity index (χ1) is 16.4. The minimum absolute atomic E-state index is 0.106. The Morgan fingerprint density at radius 2 is 1.94 bits per heavy atom. The normalized spacial score (nSPS) is 17.4. The number of thioether (sulfide) groups is 1. The molecule has 1 aliphatic rings. The standard InChI is InChI=1S/C26H28ClN3O3S/c1-30-13-5-4-6-20(30)16-34-26(33)23(29-25(32)17-9-11-19(27)12-10-17)14-18-15-24(31)28-22-8-3-2-7-21(18)22/h2-3,7-12,15,20,23H,4-6,13-14,16H2,1H3,(H,28,31)(H,29,32)/t20-,23?/m0/s1. The number of fused-ring (bicyclic) bond motifs is 1. The van der Waals surface area contributed by atoms with Gasteiger partial charge in [-0.1, -0.05) is 48.0 Å². The number of benzene rings is 2. The summed E-state index contributed by atoms with van der Waals surface area (Å²) >= 11 is 7.21. The lowest BCUT2D eigenvalue weighted by Gasteiger charge is -2.32. The number of aromatic amines is 1. The molecule has 0 bridgehead atoms. The maximum absolute atomic E-state index is 13.4. The Morgan fingerprint density at radius 3 is 2.71 bits per heavy atom. The van der Waals surface area contributed by atoms with Gasteiger partial charge in [0.25, 0.3) is 5.91 Å². The number of likely N-dealkylation sites (tertiary alicyclic amines) is 1. The van der Waals surface area contributed by atoms with Gasteiger partial charge in [0.05, 0.1) is 0 Å². The van der Waals surface area contributed by atoms with Crippen LogP contribution >= 0.6 is 23.4 Å². The number of hydrogen-bond acceptors (Lipinski definition) is 5. The largest absolute Gasteiger partial charge is 0.341 e. The Balaban J connectivity index is 1.57. The fraction of sp³-hybridized carbons (Fsp3) is 0.346. The van der Waals surface area contributed by atoms with E-state index < -0.39 is 6.04 Å². The summed E-state index contributed by atoms with van der Waals surface area (Å²) in [6, 6.07) is 15.1.